The Morgan fingerprint density at radius 3 is 2.62 bits per heavy atom. The molecule has 138 valence electrons. The zero-order valence-corrected chi connectivity index (χ0v) is 15.0. The molecular formula is C15H18N6O4S. The summed E-state index contributed by atoms with van der Waals surface area (Å²) in [5.74, 6) is -1.49. The van der Waals surface area contributed by atoms with Gasteiger partial charge in [-0.25, -0.2) is 10.0 Å². The molecular weight excluding hydrogens is 360 g/mol. The van der Waals surface area contributed by atoms with Crippen molar-refractivity contribution >= 4 is 39.3 Å². The van der Waals surface area contributed by atoms with Gasteiger partial charge in [-0.2, -0.15) is 13.4 Å². The Kier molecular flexibility index (Phi) is 4.40. The van der Waals surface area contributed by atoms with Crippen LogP contribution in [-0.4, -0.2) is 50.1 Å². The van der Waals surface area contributed by atoms with Crippen LogP contribution in [0.4, 0.5) is 5.69 Å². The standard InChI is InChI=1S/C15H18N6O4S/c1-9(2)7-17-12(22)8-20-14(13(16)23)18-15-19-26(24,25)11-6-4-3-5-10(11)21(15)20/h3-6,9H,7-8H2,1-2H3,(H2,16,23)(H,17,22). The maximum Gasteiger partial charge on any atom is 0.287 e. The number of carbonyl (C=O) groups is 2. The monoisotopic (exact) mass is 378 g/mol. The summed E-state index contributed by atoms with van der Waals surface area (Å²) in [5, 5.41) is 5.27. The van der Waals surface area contributed by atoms with E-state index in [2.05, 4.69) is 14.7 Å². The number of hydrogen-bond acceptors (Lipinski definition) is 7. The lowest BCUT2D eigenvalue weighted by Crippen LogP contribution is -2.52. The second kappa shape index (κ2) is 6.41. The molecule has 0 spiro atoms. The summed E-state index contributed by atoms with van der Waals surface area (Å²) >= 11 is 0. The van der Waals surface area contributed by atoms with Gasteiger partial charge in [0, 0.05) is 6.54 Å². The molecule has 10 nitrogen and oxygen atoms in total. The van der Waals surface area contributed by atoms with Crippen LogP contribution in [-0.2, 0) is 19.6 Å². The smallest absolute Gasteiger partial charge is 0.287 e. The van der Waals surface area contributed by atoms with Crippen molar-refractivity contribution in [2.75, 3.05) is 18.1 Å². The first kappa shape index (κ1) is 17.9. The first-order chi connectivity index (χ1) is 12.2. The molecule has 0 aromatic heterocycles. The first-order valence-electron chi connectivity index (χ1n) is 7.87. The van der Waals surface area contributed by atoms with E-state index in [9.17, 15) is 18.0 Å². The van der Waals surface area contributed by atoms with E-state index in [0.717, 1.165) is 0 Å². The second-order valence-corrected chi connectivity index (χ2v) is 7.77. The summed E-state index contributed by atoms with van der Waals surface area (Å²) in [6, 6.07) is 6.13. The maximum atomic E-state index is 12.3. The average molecular weight is 378 g/mol. The number of aliphatic imine (C=N–C) groups is 1. The molecule has 0 saturated carbocycles. The lowest BCUT2D eigenvalue weighted by Gasteiger charge is -2.32. The number of hydrogen-bond donors (Lipinski definition) is 2. The number of guanidine groups is 1. The van der Waals surface area contributed by atoms with E-state index < -0.39 is 15.9 Å². The fourth-order valence-corrected chi connectivity index (χ4v) is 3.64. The number of amides is 2. The molecule has 0 fully saturated rings. The normalized spacial score (nSPS) is 17.3. The van der Waals surface area contributed by atoms with Gasteiger partial charge in [-0.05, 0) is 18.1 Å². The van der Waals surface area contributed by atoms with Crippen molar-refractivity contribution in [1.82, 2.24) is 10.3 Å². The van der Waals surface area contributed by atoms with E-state index in [1.54, 1.807) is 18.2 Å². The Morgan fingerprint density at radius 1 is 1.27 bits per heavy atom. The number of rotatable bonds is 5. The van der Waals surface area contributed by atoms with E-state index in [-0.39, 0.29) is 40.7 Å². The number of amidine groups is 1. The molecule has 26 heavy (non-hydrogen) atoms. The summed E-state index contributed by atoms with van der Waals surface area (Å²) in [6.07, 6.45) is 0. The highest BCUT2D eigenvalue weighted by Gasteiger charge is 2.42. The third-order valence-electron chi connectivity index (χ3n) is 3.68. The quantitative estimate of drug-likeness (QED) is 0.704. The van der Waals surface area contributed by atoms with Gasteiger partial charge in [-0.15, -0.1) is 4.40 Å². The van der Waals surface area contributed by atoms with Crippen molar-refractivity contribution in [2.45, 2.75) is 18.7 Å². The topological polar surface area (TPSA) is 138 Å². The van der Waals surface area contributed by atoms with Crippen molar-refractivity contribution in [1.29, 1.82) is 0 Å². The summed E-state index contributed by atoms with van der Waals surface area (Å²) in [6.45, 7) is 4.09. The number of primary amides is 1. The van der Waals surface area contributed by atoms with Gasteiger partial charge in [0.1, 0.15) is 11.4 Å². The molecule has 3 rings (SSSR count). The summed E-state index contributed by atoms with van der Waals surface area (Å²) in [5.41, 5.74) is 5.60. The number of nitrogens with zero attached hydrogens (tertiary/aromatic N) is 4. The van der Waals surface area contributed by atoms with Gasteiger partial charge in [-0.1, -0.05) is 26.0 Å². The van der Waals surface area contributed by atoms with Gasteiger partial charge in [-0.3, -0.25) is 9.59 Å². The number of hydrazine groups is 1. The molecule has 0 aliphatic carbocycles. The number of nitrogens with one attached hydrogen (secondary N) is 1. The predicted molar refractivity (Wildman–Crippen MR) is 94.7 cm³/mol. The summed E-state index contributed by atoms with van der Waals surface area (Å²) in [7, 11) is -3.96. The highest BCUT2D eigenvalue weighted by Crippen LogP contribution is 2.34. The molecule has 2 amide bonds. The van der Waals surface area contributed by atoms with Gasteiger partial charge in [0.15, 0.2) is 0 Å². The zero-order valence-electron chi connectivity index (χ0n) is 14.2. The minimum absolute atomic E-state index is 0.0442. The molecule has 2 aliphatic heterocycles. The molecule has 0 atom stereocenters. The Bertz CT molecular complexity index is 937. The van der Waals surface area contributed by atoms with Crippen LogP contribution in [0, 0.1) is 5.92 Å². The van der Waals surface area contributed by atoms with E-state index in [1.165, 1.54) is 16.1 Å². The first-order valence-corrected chi connectivity index (χ1v) is 9.31. The summed E-state index contributed by atoms with van der Waals surface area (Å²) in [4.78, 5) is 27.9. The molecule has 11 heteroatoms. The minimum atomic E-state index is -3.96. The SMILES string of the molecule is CC(C)CNC(=O)CN1C(C(N)=O)=NC2=NS(=O)(=O)c3ccccc3N21. The van der Waals surface area contributed by atoms with Crippen molar-refractivity contribution in [3.05, 3.63) is 24.3 Å². The van der Waals surface area contributed by atoms with Gasteiger partial charge in [0.05, 0.1) is 5.69 Å². The van der Waals surface area contributed by atoms with E-state index in [1.807, 2.05) is 13.8 Å². The largest absolute Gasteiger partial charge is 0.363 e. The third kappa shape index (κ3) is 3.12. The molecule has 2 aliphatic rings. The van der Waals surface area contributed by atoms with Gasteiger partial charge in [0.25, 0.3) is 21.9 Å². The molecule has 0 unspecified atom stereocenters. The van der Waals surface area contributed by atoms with Gasteiger partial charge < -0.3 is 11.1 Å². The van der Waals surface area contributed by atoms with Crippen LogP contribution in [0.1, 0.15) is 13.8 Å². The Labute approximate surface area is 150 Å². The minimum Gasteiger partial charge on any atom is -0.363 e. The van der Waals surface area contributed by atoms with Crippen LogP contribution < -0.4 is 16.1 Å². The van der Waals surface area contributed by atoms with E-state index in [0.29, 0.717) is 6.54 Å². The highest BCUT2D eigenvalue weighted by molar-refractivity contribution is 7.90. The number of benzene rings is 1. The van der Waals surface area contributed by atoms with Crippen LogP contribution in [0.15, 0.2) is 38.6 Å². The molecule has 3 N–H and O–H groups in total. The molecule has 0 radical (unpaired) electrons. The third-order valence-corrected chi connectivity index (χ3v) is 4.98. The van der Waals surface area contributed by atoms with Crippen molar-refractivity contribution in [3.63, 3.8) is 0 Å². The molecule has 0 saturated heterocycles. The van der Waals surface area contributed by atoms with Crippen LogP contribution >= 0.6 is 0 Å². The number of carbonyl (C=O) groups excluding carboxylic acids is 2. The average Bonchev–Trinajstić information content (AvgIpc) is 2.90. The molecule has 1 aromatic carbocycles. The Balaban J connectivity index is 2.00. The predicted octanol–water partition coefficient (Wildman–Crippen LogP) is -0.562. The van der Waals surface area contributed by atoms with Gasteiger partial charge >= 0.3 is 0 Å². The van der Waals surface area contributed by atoms with Crippen LogP contribution in [0.5, 0.6) is 0 Å². The number of anilines is 1. The molecule has 0 bridgehead atoms. The van der Waals surface area contributed by atoms with Crippen molar-refractivity contribution < 1.29 is 18.0 Å². The molecule has 2 heterocycles. The second-order valence-electron chi connectivity index (χ2n) is 6.20. The highest BCUT2D eigenvalue weighted by atomic mass is 32.2. The number of sulfonamides is 1. The van der Waals surface area contributed by atoms with Gasteiger partial charge in [0.2, 0.25) is 11.7 Å². The number of fused-ring (bicyclic) bond motifs is 3. The van der Waals surface area contributed by atoms with Crippen molar-refractivity contribution in [2.24, 2.45) is 21.0 Å². The Morgan fingerprint density at radius 2 is 1.96 bits per heavy atom. The van der Waals surface area contributed by atoms with Crippen LogP contribution in [0.2, 0.25) is 0 Å². The fourth-order valence-electron chi connectivity index (χ4n) is 2.54. The maximum absolute atomic E-state index is 12.3. The lowest BCUT2D eigenvalue weighted by atomic mass is 10.2. The fraction of sp³-hybridized carbons (Fsp3) is 0.333. The van der Waals surface area contributed by atoms with Crippen molar-refractivity contribution in [3.8, 4) is 0 Å². The summed E-state index contributed by atoms with van der Waals surface area (Å²) < 4.78 is 28.2. The zero-order chi connectivity index (χ0) is 19.1. The van der Waals surface area contributed by atoms with E-state index >= 15 is 0 Å². The van der Waals surface area contributed by atoms with Crippen LogP contribution in [0.25, 0.3) is 0 Å². The lowest BCUT2D eigenvalue weighted by molar-refractivity contribution is -0.121. The number of nitrogens with two attached hydrogens (primary N) is 1. The van der Waals surface area contributed by atoms with E-state index in [4.69, 9.17) is 5.73 Å². The van der Waals surface area contributed by atoms with Crippen LogP contribution in [0.3, 0.4) is 0 Å². The molecule has 1 aromatic rings. The Hall–Kier alpha value is -2.95. The number of para-hydroxylation sites is 1.